The summed E-state index contributed by atoms with van der Waals surface area (Å²) in [5, 5.41) is 0. The Kier molecular flexibility index (Phi) is 1.71. The van der Waals surface area contributed by atoms with Crippen molar-refractivity contribution in [1.29, 1.82) is 0 Å². The molecule has 0 radical (unpaired) electrons. The second-order valence-electron chi connectivity index (χ2n) is 1.96. The molecule has 1 rings (SSSR count). The smallest absolute Gasteiger partial charge is 0.299 e. The monoisotopic (exact) mass is 140 g/mol. The molecular weight excluding hydrogens is 132 g/mol. The zero-order valence-corrected chi connectivity index (χ0v) is 5.49. The van der Waals surface area contributed by atoms with Crippen LogP contribution in [-0.2, 0) is 4.79 Å². The second-order valence-corrected chi connectivity index (χ2v) is 1.96. The largest absolute Gasteiger partial charge is 0.330 e. The van der Waals surface area contributed by atoms with Gasteiger partial charge in [-0.25, -0.2) is 4.79 Å². The van der Waals surface area contributed by atoms with Crippen molar-refractivity contribution >= 4 is 12.4 Å². The quantitative estimate of drug-likeness (QED) is 0.507. The highest BCUT2D eigenvalue weighted by molar-refractivity contribution is 5.87. The Hall–Kier alpha value is -1.32. The number of carbonyl (C=O) groups is 2. The SMILES string of the molecule is C=CN1CCN(C=O)C1=O. The van der Waals surface area contributed by atoms with Gasteiger partial charge in [-0.15, -0.1) is 0 Å². The van der Waals surface area contributed by atoms with Crippen molar-refractivity contribution in [2.75, 3.05) is 13.1 Å². The maximum absolute atomic E-state index is 10.9. The van der Waals surface area contributed by atoms with Gasteiger partial charge in [0.2, 0.25) is 6.41 Å². The number of urea groups is 1. The Labute approximate surface area is 58.7 Å². The van der Waals surface area contributed by atoms with Crippen molar-refractivity contribution in [2.45, 2.75) is 0 Å². The molecule has 0 saturated carbocycles. The molecule has 0 spiro atoms. The Balaban J connectivity index is 2.66. The molecule has 1 heterocycles. The molecular formula is C6H8N2O2. The summed E-state index contributed by atoms with van der Waals surface area (Å²) in [6.45, 7) is 4.45. The zero-order chi connectivity index (χ0) is 7.56. The summed E-state index contributed by atoms with van der Waals surface area (Å²) in [7, 11) is 0. The minimum absolute atomic E-state index is 0.287. The lowest BCUT2D eigenvalue weighted by molar-refractivity contribution is -0.115. The first-order valence-corrected chi connectivity index (χ1v) is 2.94. The molecule has 10 heavy (non-hydrogen) atoms. The van der Waals surface area contributed by atoms with Crippen LogP contribution in [0.25, 0.3) is 0 Å². The van der Waals surface area contributed by atoms with Crippen LogP contribution in [-0.4, -0.2) is 35.3 Å². The number of rotatable bonds is 2. The molecule has 54 valence electrons. The van der Waals surface area contributed by atoms with E-state index in [1.165, 1.54) is 11.1 Å². The van der Waals surface area contributed by atoms with E-state index < -0.39 is 0 Å². The van der Waals surface area contributed by atoms with Gasteiger partial charge in [-0.3, -0.25) is 14.6 Å². The van der Waals surface area contributed by atoms with Crippen molar-refractivity contribution in [3.8, 4) is 0 Å². The molecule has 4 heteroatoms. The summed E-state index contributed by atoms with van der Waals surface area (Å²) >= 11 is 0. The molecule has 4 nitrogen and oxygen atoms in total. The van der Waals surface area contributed by atoms with E-state index >= 15 is 0 Å². The van der Waals surface area contributed by atoms with Gasteiger partial charge in [0.1, 0.15) is 0 Å². The summed E-state index contributed by atoms with van der Waals surface area (Å²) < 4.78 is 0. The topological polar surface area (TPSA) is 40.6 Å². The Morgan fingerprint density at radius 3 is 2.30 bits per heavy atom. The van der Waals surface area contributed by atoms with Gasteiger partial charge in [-0.2, -0.15) is 0 Å². The lowest BCUT2D eigenvalue weighted by atomic mass is 10.6. The average Bonchev–Trinajstić information content (AvgIpc) is 2.30. The number of carbonyl (C=O) groups excluding carboxylic acids is 2. The highest BCUT2D eigenvalue weighted by Gasteiger charge is 2.25. The number of hydrogen-bond acceptors (Lipinski definition) is 2. The third-order valence-electron chi connectivity index (χ3n) is 1.42. The minimum atomic E-state index is -0.287. The van der Waals surface area contributed by atoms with Crippen LogP contribution < -0.4 is 0 Å². The van der Waals surface area contributed by atoms with E-state index in [9.17, 15) is 9.59 Å². The van der Waals surface area contributed by atoms with E-state index in [4.69, 9.17) is 0 Å². The zero-order valence-electron chi connectivity index (χ0n) is 5.49. The van der Waals surface area contributed by atoms with Gasteiger partial charge in [-0.1, -0.05) is 6.58 Å². The molecule has 0 aliphatic carbocycles. The van der Waals surface area contributed by atoms with E-state index in [-0.39, 0.29) is 6.03 Å². The van der Waals surface area contributed by atoms with Gasteiger partial charge in [0.05, 0.1) is 0 Å². The fourth-order valence-electron chi connectivity index (χ4n) is 0.839. The van der Waals surface area contributed by atoms with E-state index in [1.807, 2.05) is 0 Å². The summed E-state index contributed by atoms with van der Waals surface area (Å²) in [4.78, 5) is 23.6. The lowest BCUT2D eigenvalue weighted by Gasteiger charge is -2.07. The van der Waals surface area contributed by atoms with Crippen molar-refractivity contribution in [1.82, 2.24) is 9.80 Å². The Bertz CT molecular complexity index is 161. The normalized spacial score (nSPS) is 17.8. The van der Waals surface area contributed by atoms with E-state index in [0.29, 0.717) is 19.5 Å². The van der Waals surface area contributed by atoms with Crippen molar-refractivity contribution < 1.29 is 9.59 Å². The molecule has 0 aromatic rings. The van der Waals surface area contributed by atoms with Crippen LogP contribution in [0.2, 0.25) is 0 Å². The van der Waals surface area contributed by atoms with Crippen molar-refractivity contribution in [3.05, 3.63) is 12.8 Å². The maximum Gasteiger partial charge on any atom is 0.330 e. The number of hydrogen-bond donors (Lipinski definition) is 0. The molecule has 3 amide bonds. The molecule has 0 atom stereocenters. The van der Waals surface area contributed by atoms with Crippen LogP contribution in [0, 0.1) is 0 Å². The molecule has 0 bridgehead atoms. The van der Waals surface area contributed by atoms with Gasteiger partial charge in [0.25, 0.3) is 0 Å². The van der Waals surface area contributed by atoms with Gasteiger partial charge in [-0.05, 0) is 0 Å². The first-order chi connectivity index (χ1) is 4.79. The van der Waals surface area contributed by atoms with Crippen LogP contribution >= 0.6 is 0 Å². The summed E-state index contributed by atoms with van der Waals surface area (Å²) in [6.07, 6.45) is 1.96. The minimum Gasteiger partial charge on any atom is -0.299 e. The van der Waals surface area contributed by atoms with Crippen LogP contribution in [0.5, 0.6) is 0 Å². The Morgan fingerprint density at radius 1 is 1.40 bits per heavy atom. The van der Waals surface area contributed by atoms with Gasteiger partial charge in [0, 0.05) is 19.3 Å². The molecule has 1 aliphatic rings. The third kappa shape index (κ3) is 0.877. The highest BCUT2D eigenvalue weighted by atomic mass is 16.2. The van der Waals surface area contributed by atoms with Crippen LogP contribution in [0.15, 0.2) is 12.8 Å². The first kappa shape index (κ1) is 6.80. The summed E-state index contributed by atoms with van der Waals surface area (Å²) in [6, 6.07) is -0.287. The number of imide groups is 1. The maximum atomic E-state index is 10.9. The standard InChI is InChI=1S/C6H8N2O2/c1-2-7-3-4-8(5-9)6(7)10/h2,5H,1,3-4H2. The van der Waals surface area contributed by atoms with Gasteiger partial charge in [0.15, 0.2) is 0 Å². The van der Waals surface area contributed by atoms with E-state index in [2.05, 4.69) is 6.58 Å². The van der Waals surface area contributed by atoms with E-state index in [1.54, 1.807) is 0 Å². The van der Waals surface area contributed by atoms with Gasteiger partial charge >= 0.3 is 6.03 Å². The number of nitrogens with zero attached hydrogens (tertiary/aromatic N) is 2. The molecule has 0 unspecified atom stereocenters. The Morgan fingerprint density at radius 2 is 2.00 bits per heavy atom. The van der Waals surface area contributed by atoms with Crippen LogP contribution in [0.3, 0.4) is 0 Å². The predicted molar refractivity (Wildman–Crippen MR) is 35.1 cm³/mol. The molecule has 0 aromatic carbocycles. The van der Waals surface area contributed by atoms with Crippen molar-refractivity contribution in [2.24, 2.45) is 0 Å². The van der Waals surface area contributed by atoms with Crippen LogP contribution in [0.4, 0.5) is 4.79 Å². The molecule has 0 aromatic heterocycles. The van der Waals surface area contributed by atoms with Gasteiger partial charge < -0.3 is 0 Å². The third-order valence-corrected chi connectivity index (χ3v) is 1.42. The summed E-state index contributed by atoms with van der Waals surface area (Å²) in [5.74, 6) is 0. The molecule has 1 fully saturated rings. The highest BCUT2D eigenvalue weighted by Crippen LogP contribution is 2.04. The first-order valence-electron chi connectivity index (χ1n) is 2.94. The van der Waals surface area contributed by atoms with E-state index in [0.717, 1.165) is 4.90 Å². The summed E-state index contributed by atoms with van der Waals surface area (Å²) in [5.41, 5.74) is 0. The average molecular weight is 140 g/mol. The molecule has 1 aliphatic heterocycles. The fourth-order valence-corrected chi connectivity index (χ4v) is 0.839. The second kappa shape index (κ2) is 2.51. The molecule has 1 saturated heterocycles. The number of amides is 3. The van der Waals surface area contributed by atoms with Crippen molar-refractivity contribution in [3.63, 3.8) is 0 Å². The lowest BCUT2D eigenvalue weighted by Crippen LogP contribution is -2.27. The predicted octanol–water partition coefficient (Wildman–Crippen LogP) is 0.0239. The molecule has 0 N–H and O–H groups in total. The van der Waals surface area contributed by atoms with Crippen LogP contribution in [0.1, 0.15) is 0 Å². The fraction of sp³-hybridized carbons (Fsp3) is 0.333.